The van der Waals surface area contributed by atoms with Crippen molar-refractivity contribution in [3.05, 3.63) is 0 Å². The molecule has 4 bridgehead atoms. The van der Waals surface area contributed by atoms with Gasteiger partial charge in [0.1, 0.15) is 0 Å². The molecule has 102 valence electrons. The second kappa shape index (κ2) is 3.34. The molecule has 0 aromatic rings. The number of aliphatic hydroxyl groups is 1. The average molecular weight is 248 g/mol. The van der Waals surface area contributed by atoms with Crippen LogP contribution in [0.1, 0.15) is 71.6 Å². The maximum Gasteiger partial charge on any atom is 0.0599 e. The number of rotatable bonds is 3. The predicted molar refractivity (Wildman–Crippen MR) is 73.2 cm³/mol. The van der Waals surface area contributed by atoms with Gasteiger partial charge < -0.3 is 5.11 Å². The fourth-order valence-corrected chi connectivity index (χ4v) is 6.83. The first-order valence-electron chi connectivity index (χ1n) is 8.09. The van der Waals surface area contributed by atoms with Gasteiger partial charge in [-0.15, -0.1) is 0 Å². The van der Waals surface area contributed by atoms with Gasteiger partial charge in [-0.05, 0) is 73.0 Å². The smallest absolute Gasteiger partial charge is 0.0599 e. The first-order chi connectivity index (χ1) is 8.41. The van der Waals surface area contributed by atoms with Crippen LogP contribution in [-0.2, 0) is 0 Å². The van der Waals surface area contributed by atoms with Crippen molar-refractivity contribution in [2.24, 2.45) is 28.1 Å². The van der Waals surface area contributed by atoms with Gasteiger partial charge in [-0.1, -0.05) is 26.7 Å². The zero-order chi connectivity index (χ0) is 12.6. The molecule has 0 aliphatic heterocycles. The Morgan fingerprint density at radius 1 is 1.00 bits per heavy atom. The number of hydrogen-bond donors (Lipinski definition) is 1. The van der Waals surface area contributed by atoms with Gasteiger partial charge in [0.2, 0.25) is 0 Å². The summed E-state index contributed by atoms with van der Waals surface area (Å²) in [6.07, 6.45) is 12.2. The van der Waals surface area contributed by atoms with E-state index in [-0.39, 0.29) is 6.10 Å². The van der Waals surface area contributed by atoms with Crippen LogP contribution in [0.3, 0.4) is 0 Å². The largest absolute Gasteiger partial charge is 0.393 e. The molecule has 0 spiro atoms. The summed E-state index contributed by atoms with van der Waals surface area (Å²) in [6.45, 7) is 5.02. The summed E-state index contributed by atoms with van der Waals surface area (Å²) < 4.78 is 0. The molecule has 1 N–H and O–H groups in total. The van der Waals surface area contributed by atoms with E-state index in [2.05, 4.69) is 13.8 Å². The van der Waals surface area contributed by atoms with Gasteiger partial charge in [0.05, 0.1) is 6.10 Å². The molecule has 0 aromatic heterocycles. The number of aliphatic hydroxyl groups excluding tert-OH is 1. The summed E-state index contributed by atoms with van der Waals surface area (Å²) in [7, 11) is 0. The topological polar surface area (TPSA) is 20.2 Å². The second-order valence-corrected chi connectivity index (χ2v) is 9.19. The van der Waals surface area contributed by atoms with Crippen LogP contribution in [0.4, 0.5) is 0 Å². The fourth-order valence-electron chi connectivity index (χ4n) is 6.83. The van der Waals surface area contributed by atoms with Crippen molar-refractivity contribution < 1.29 is 5.11 Å². The van der Waals surface area contributed by atoms with Crippen molar-refractivity contribution in [3.63, 3.8) is 0 Å². The van der Waals surface area contributed by atoms with E-state index in [1.165, 1.54) is 51.4 Å². The Morgan fingerprint density at radius 3 is 2.11 bits per heavy atom. The zero-order valence-corrected chi connectivity index (χ0v) is 12.0. The van der Waals surface area contributed by atoms with Crippen molar-refractivity contribution in [2.75, 3.05) is 0 Å². The van der Waals surface area contributed by atoms with Crippen LogP contribution in [0.2, 0.25) is 0 Å². The lowest BCUT2D eigenvalue weighted by atomic mass is 9.39. The van der Waals surface area contributed by atoms with E-state index < -0.39 is 0 Å². The Kier molecular flexibility index (Phi) is 2.18. The van der Waals surface area contributed by atoms with Gasteiger partial charge in [-0.2, -0.15) is 0 Å². The molecule has 5 aliphatic rings. The molecule has 0 saturated heterocycles. The zero-order valence-electron chi connectivity index (χ0n) is 12.0. The molecule has 5 rings (SSSR count). The third-order valence-electron chi connectivity index (χ3n) is 6.63. The van der Waals surface area contributed by atoms with Gasteiger partial charge >= 0.3 is 0 Å². The third-order valence-corrected chi connectivity index (χ3v) is 6.63. The molecule has 1 nitrogen and oxygen atoms in total. The Morgan fingerprint density at radius 2 is 1.61 bits per heavy atom. The monoisotopic (exact) mass is 248 g/mol. The first-order valence-corrected chi connectivity index (χ1v) is 8.09. The Hall–Kier alpha value is -0.0400. The van der Waals surface area contributed by atoms with E-state index >= 15 is 0 Å². The fraction of sp³-hybridized carbons (Fsp3) is 1.00. The highest BCUT2D eigenvalue weighted by Gasteiger charge is 2.62. The van der Waals surface area contributed by atoms with E-state index in [0.29, 0.717) is 16.2 Å². The van der Waals surface area contributed by atoms with Crippen LogP contribution in [0.15, 0.2) is 0 Å². The van der Waals surface area contributed by atoms with Gasteiger partial charge in [0.15, 0.2) is 0 Å². The summed E-state index contributed by atoms with van der Waals surface area (Å²) in [5.41, 5.74) is 1.42. The highest BCUT2D eigenvalue weighted by atomic mass is 16.3. The molecule has 3 unspecified atom stereocenters. The van der Waals surface area contributed by atoms with E-state index in [1.807, 2.05) is 0 Å². The number of hydrogen-bond acceptors (Lipinski definition) is 1. The molecule has 3 atom stereocenters. The third kappa shape index (κ3) is 1.69. The van der Waals surface area contributed by atoms with Crippen molar-refractivity contribution in [1.29, 1.82) is 0 Å². The quantitative estimate of drug-likeness (QED) is 0.795. The normalized spacial score (nSPS) is 55.8. The van der Waals surface area contributed by atoms with Crippen molar-refractivity contribution in [2.45, 2.75) is 77.7 Å². The molecule has 0 heterocycles. The van der Waals surface area contributed by atoms with Crippen LogP contribution < -0.4 is 0 Å². The standard InChI is InChI=1S/C17H28O/c1-15-6-13-7-16(2,9-15)11-17(8-13,10-15)14(18)5-12-3-4-12/h12-14,18H,3-11H2,1-2H3. The van der Waals surface area contributed by atoms with Gasteiger partial charge in [0, 0.05) is 0 Å². The molecule has 0 amide bonds. The molecular formula is C17H28O. The second-order valence-electron chi connectivity index (χ2n) is 9.19. The van der Waals surface area contributed by atoms with Gasteiger partial charge in [-0.25, -0.2) is 0 Å². The summed E-state index contributed by atoms with van der Waals surface area (Å²) in [4.78, 5) is 0. The van der Waals surface area contributed by atoms with E-state index in [0.717, 1.165) is 18.3 Å². The molecule has 0 aromatic carbocycles. The summed E-state index contributed by atoms with van der Waals surface area (Å²) in [6, 6.07) is 0. The molecular weight excluding hydrogens is 220 g/mol. The van der Waals surface area contributed by atoms with Crippen LogP contribution in [0.5, 0.6) is 0 Å². The first kappa shape index (κ1) is 11.8. The molecule has 18 heavy (non-hydrogen) atoms. The van der Waals surface area contributed by atoms with Gasteiger partial charge in [0.25, 0.3) is 0 Å². The SMILES string of the molecule is CC12CC3CC(C)(C1)CC(C(O)CC1CC1)(C3)C2. The van der Waals surface area contributed by atoms with E-state index in [1.54, 1.807) is 0 Å². The maximum absolute atomic E-state index is 10.9. The lowest BCUT2D eigenvalue weighted by Crippen LogP contribution is -2.58. The van der Waals surface area contributed by atoms with Crippen LogP contribution in [0.25, 0.3) is 0 Å². The molecule has 5 fully saturated rings. The Bertz CT molecular complexity index is 352. The van der Waals surface area contributed by atoms with Crippen molar-refractivity contribution >= 4 is 0 Å². The van der Waals surface area contributed by atoms with Crippen LogP contribution in [-0.4, -0.2) is 11.2 Å². The minimum Gasteiger partial charge on any atom is -0.393 e. The highest BCUT2D eigenvalue weighted by Crippen LogP contribution is 2.70. The molecule has 1 heteroatoms. The maximum atomic E-state index is 10.9. The van der Waals surface area contributed by atoms with Crippen LogP contribution in [0, 0.1) is 28.1 Å². The summed E-state index contributed by atoms with van der Waals surface area (Å²) >= 11 is 0. The summed E-state index contributed by atoms with van der Waals surface area (Å²) in [5.74, 6) is 1.79. The lowest BCUT2D eigenvalue weighted by Gasteiger charge is -2.66. The van der Waals surface area contributed by atoms with Crippen molar-refractivity contribution in [3.8, 4) is 0 Å². The summed E-state index contributed by atoms with van der Waals surface area (Å²) in [5, 5.41) is 10.9. The molecule has 5 aliphatic carbocycles. The predicted octanol–water partition coefficient (Wildman–Crippen LogP) is 4.14. The Labute approximate surface area is 111 Å². The van der Waals surface area contributed by atoms with E-state index in [9.17, 15) is 5.11 Å². The average Bonchev–Trinajstić information content (AvgIpc) is 2.95. The van der Waals surface area contributed by atoms with Crippen molar-refractivity contribution in [1.82, 2.24) is 0 Å². The Balaban J connectivity index is 1.64. The lowest BCUT2D eigenvalue weighted by molar-refractivity contribution is -0.187. The molecule has 0 radical (unpaired) electrons. The van der Waals surface area contributed by atoms with Gasteiger partial charge in [-0.3, -0.25) is 0 Å². The minimum atomic E-state index is 0.00653. The van der Waals surface area contributed by atoms with E-state index in [4.69, 9.17) is 0 Å². The highest BCUT2D eigenvalue weighted by molar-refractivity contribution is 5.12. The minimum absolute atomic E-state index is 0.00653. The van der Waals surface area contributed by atoms with Crippen LogP contribution >= 0.6 is 0 Å². The molecule has 5 saturated carbocycles.